The summed E-state index contributed by atoms with van der Waals surface area (Å²) in [5, 5.41) is 0. The number of piperazine rings is 1. The number of anilines is 1. The number of nitrogens with zero attached hydrogens (tertiary/aromatic N) is 4. The van der Waals surface area contributed by atoms with Gasteiger partial charge in [0.2, 0.25) is 5.95 Å². The molecule has 2 aromatic heterocycles. The van der Waals surface area contributed by atoms with Crippen molar-refractivity contribution in [3.8, 4) is 0 Å². The van der Waals surface area contributed by atoms with Crippen LogP contribution in [0.15, 0.2) is 29.5 Å². The van der Waals surface area contributed by atoms with Crippen molar-refractivity contribution in [2.45, 2.75) is 45.5 Å². The molecule has 168 valence electrons. The second kappa shape index (κ2) is 8.94. The number of hydrogen-bond acceptors (Lipinski definition) is 6. The lowest BCUT2D eigenvalue weighted by Crippen LogP contribution is -2.58. The number of nitrogens with one attached hydrogen (secondary N) is 1. The molecule has 1 fully saturated rings. The van der Waals surface area contributed by atoms with Crippen molar-refractivity contribution in [2.75, 3.05) is 24.6 Å². The molecule has 11 heteroatoms. The Hall–Kier alpha value is -3.11. The van der Waals surface area contributed by atoms with E-state index in [1.807, 2.05) is 25.7 Å². The van der Waals surface area contributed by atoms with Gasteiger partial charge in [0.1, 0.15) is 5.56 Å². The Balaban J connectivity index is 1.56. The van der Waals surface area contributed by atoms with Crippen molar-refractivity contribution >= 4 is 12.0 Å². The maximum Gasteiger partial charge on any atom is 0.421 e. The number of aromatic nitrogens is 3. The van der Waals surface area contributed by atoms with E-state index in [0.29, 0.717) is 19.0 Å². The Labute approximate surface area is 177 Å². The van der Waals surface area contributed by atoms with Crippen LogP contribution in [0.2, 0.25) is 0 Å². The standard InChI is InChI=1S/C20H24F3N5O3/c1-12-7-25-18(26-8-12)28-13(2)10-27(11-14(28)3)19(30)31-5-4-15-6-16(20(21,22)23)17(29)24-9-15/h6-9,13-14H,4-5,10-11H2,1-3H3,(H,24,29)/t13-,14-/m1/s1. The van der Waals surface area contributed by atoms with Crippen LogP contribution < -0.4 is 10.5 Å². The van der Waals surface area contributed by atoms with Crippen molar-refractivity contribution in [1.29, 1.82) is 0 Å². The van der Waals surface area contributed by atoms with Gasteiger partial charge >= 0.3 is 12.3 Å². The molecule has 0 saturated carbocycles. The zero-order chi connectivity index (χ0) is 22.8. The van der Waals surface area contributed by atoms with Gasteiger partial charge in [0, 0.05) is 50.2 Å². The molecule has 1 saturated heterocycles. The lowest BCUT2D eigenvalue weighted by atomic mass is 10.1. The number of carbonyl (C=O) groups is 1. The number of alkyl halides is 3. The van der Waals surface area contributed by atoms with Crippen molar-refractivity contribution in [2.24, 2.45) is 0 Å². The van der Waals surface area contributed by atoms with Crippen LogP contribution in [0.5, 0.6) is 0 Å². The van der Waals surface area contributed by atoms with Gasteiger partial charge in [-0.25, -0.2) is 14.8 Å². The van der Waals surface area contributed by atoms with Crippen molar-refractivity contribution in [3.05, 3.63) is 51.7 Å². The van der Waals surface area contributed by atoms with Gasteiger partial charge in [-0.1, -0.05) is 0 Å². The zero-order valence-corrected chi connectivity index (χ0v) is 17.4. The van der Waals surface area contributed by atoms with E-state index in [2.05, 4.69) is 15.0 Å². The zero-order valence-electron chi connectivity index (χ0n) is 17.4. The predicted octanol–water partition coefficient (Wildman–Crippen LogP) is 2.77. The van der Waals surface area contributed by atoms with Gasteiger partial charge in [-0.15, -0.1) is 0 Å². The summed E-state index contributed by atoms with van der Waals surface area (Å²) in [7, 11) is 0. The molecular weight excluding hydrogens is 415 g/mol. The molecule has 3 rings (SSSR count). The fourth-order valence-electron chi connectivity index (χ4n) is 3.62. The van der Waals surface area contributed by atoms with E-state index < -0.39 is 23.4 Å². The first-order valence-electron chi connectivity index (χ1n) is 9.83. The molecule has 3 heterocycles. The number of halogens is 3. The average molecular weight is 439 g/mol. The summed E-state index contributed by atoms with van der Waals surface area (Å²) in [5.74, 6) is 0.595. The molecule has 0 aliphatic carbocycles. The summed E-state index contributed by atoms with van der Waals surface area (Å²) < 4.78 is 43.8. The minimum Gasteiger partial charge on any atom is -0.449 e. The molecule has 0 bridgehead atoms. The third kappa shape index (κ3) is 5.33. The Bertz CT molecular complexity index is 965. The van der Waals surface area contributed by atoms with Crippen LogP contribution in [0.25, 0.3) is 0 Å². The Kier molecular flexibility index (Phi) is 6.51. The molecule has 0 spiro atoms. The lowest BCUT2D eigenvalue weighted by Gasteiger charge is -2.43. The molecular formula is C20H24F3N5O3. The van der Waals surface area contributed by atoms with Gasteiger partial charge in [0.05, 0.1) is 6.61 Å². The van der Waals surface area contributed by atoms with Gasteiger partial charge in [0.25, 0.3) is 5.56 Å². The summed E-state index contributed by atoms with van der Waals surface area (Å²) in [6.45, 7) is 6.51. The minimum atomic E-state index is -4.74. The summed E-state index contributed by atoms with van der Waals surface area (Å²) in [4.78, 5) is 38.2. The van der Waals surface area contributed by atoms with E-state index >= 15 is 0 Å². The monoisotopic (exact) mass is 439 g/mol. The van der Waals surface area contributed by atoms with Crippen molar-refractivity contribution in [3.63, 3.8) is 0 Å². The van der Waals surface area contributed by atoms with E-state index in [0.717, 1.165) is 11.6 Å². The van der Waals surface area contributed by atoms with Crippen LogP contribution in [0.4, 0.5) is 23.9 Å². The molecule has 1 N–H and O–H groups in total. The first-order chi connectivity index (χ1) is 14.6. The summed E-state index contributed by atoms with van der Waals surface area (Å²) >= 11 is 0. The molecule has 1 aliphatic heterocycles. The van der Waals surface area contributed by atoms with Gasteiger partial charge in [-0.2, -0.15) is 13.2 Å². The SMILES string of the molecule is Cc1cnc(N2[C@H](C)CN(C(=O)OCCc3c[nH]c(=O)c(C(F)(F)F)c3)C[C@H]2C)nc1. The van der Waals surface area contributed by atoms with Gasteiger partial charge in [-0.3, -0.25) is 4.79 Å². The second-order valence-electron chi connectivity index (χ2n) is 7.68. The first kappa shape index (κ1) is 22.6. The predicted molar refractivity (Wildman–Crippen MR) is 107 cm³/mol. The Morgan fingerprint density at radius 1 is 1.23 bits per heavy atom. The van der Waals surface area contributed by atoms with Crippen LogP contribution in [-0.2, 0) is 17.3 Å². The number of hydrogen-bond donors (Lipinski definition) is 1. The number of aromatic amines is 1. The summed E-state index contributed by atoms with van der Waals surface area (Å²) in [6, 6.07) is 0.678. The maximum atomic E-state index is 12.8. The molecule has 2 aromatic rings. The van der Waals surface area contributed by atoms with E-state index in [4.69, 9.17) is 4.74 Å². The number of H-pyrrole nitrogens is 1. The summed E-state index contributed by atoms with van der Waals surface area (Å²) in [6.07, 6.45) is -0.562. The molecule has 2 atom stereocenters. The van der Waals surface area contributed by atoms with Crippen LogP contribution in [0.3, 0.4) is 0 Å². The van der Waals surface area contributed by atoms with Crippen LogP contribution >= 0.6 is 0 Å². The van der Waals surface area contributed by atoms with Gasteiger partial charge < -0.3 is 19.5 Å². The lowest BCUT2D eigenvalue weighted by molar-refractivity contribution is -0.138. The Morgan fingerprint density at radius 3 is 2.42 bits per heavy atom. The van der Waals surface area contributed by atoms with Crippen molar-refractivity contribution < 1.29 is 22.7 Å². The third-order valence-electron chi connectivity index (χ3n) is 5.06. The number of carbonyl (C=O) groups excluding carboxylic acids is 1. The number of aryl methyl sites for hydroxylation is 1. The number of ether oxygens (including phenoxy) is 1. The fourth-order valence-corrected chi connectivity index (χ4v) is 3.62. The topological polar surface area (TPSA) is 91.4 Å². The highest BCUT2D eigenvalue weighted by atomic mass is 19.4. The molecule has 1 amide bonds. The highest BCUT2D eigenvalue weighted by Gasteiger charge is 2.35. The highest BCUT2D eigenvalue weighted by molar-refractivity contribution is 5.68. The molecule has 8 nitrogen and oxygen atoms in total. The van der Waals surface area contributed by atoms with Crippen LogP contribution in [0, 0.1) is 6.92 Å². The van der Waals surface area contributed by atoms with E-state index in [-0.39, 0.29) is 30.7 Å². The minimum absolute atomic E-state index is 0.0486. The smallest absolute Gasteiger partial charge is 0.421 e. The van der Waals surface area contributed by atoms with Crippen LogP contribution in [-0.4, -0.2) is 57.7 Å². The number of amides is 1. The van der Waals surface area contributed by atoms with Gasteiger partial charge in [-0.05, 0) is 38.0 Å². The molecule has 0 unspecified atom stereocenters. The maximum absolute atomic E-state index is 12.8. The van der Waals surface area contributed by atoms with Crippen molar-refractivity contribution in [1.82, 2.24) is 19.9 Å². The van der Waals surface area contributed by atoms with E-state index in [1.165, 1.54) is 6.20 Å². The molecule has 0 radical (unpaired) electrons. The largest absolute Gasteiger partial charge is 0.449 e. The fraction of sp³-hybridized carbons (Fsp3) is 0.500. The summed E-state index contributed by atoms with van der Waals surface area (Å²) in [5.41, 5.74) is -1.29. The normalized spacial score (nSPS) is 19.4. The molecule has 0 aromatic carbocycles. The van der Waals surface area contributed by atoms with E-state index in [9.17, 15) is 22.8 Å². The van der Waals surface area contributed by atoms with Crippen LogP contribution in [0.1, 0.15) is 30.5 Å². The highest BCUT2D eigenvalue weighted by Crippen LogP contribution is 2.27. The average Bonchev–Trinajstić information content (AvgIpc) is 2.69. The number of rotatable bonds is 4. The number of pyridine rings is 1. The molecule has 1 aliphatic rings. The van der Waals surface area contributed by atoms with Gasteiger partial charge in [0.15, 0.2) is 0 Å². The second-order valence-corrected chi connectivity index (χ2v) is 7.68. The third-order valence-corrected chi connectivity index (χ3v) is 5.06. The van der Waals surface area contributed by atoms with E-state index in [1.54, 1.807) is 17.3 Å². The quantitative estimate of drug-likeness (QED) is 0.788. The first-order valence-corrected chi connectivity index (χ1v) is 9.83. The Morgan fingerprint density at radius 2 is 1.84 bits per heavy atom. The molecule has 31 heavy (non-hydrogen) atoms.